The van der Waals surface area contributed by atoms with Gasteiger partial charge >= 0.3 is 5.97 Å². The Kier molecular flexibility index (Phi) is 9.65. The van der Waals surface area contributed by atoms with Crippen molar-refractivity contribution in [2.24, 2.45) is 4.99 Å². The minimum atomic E-state index is -0.814. The number of carbonyl (C=O) groups excluding carboxylic acids is 1. The van der Waals surface area contributed by atoms with Gasteiger partial charge in [-0.15, -0.1) is 0 Å². The van der Waals surface area contributed by atoms with Crippen LogP contribution in [0.15, 0.2) is 74.6 Å². The quantitative estimate of drug-likeness (QED) is 0.222. The number of methoxy groups -OCH3 is 2. The van der Waals surface area contributed by atoms with Crippen molar-refractivity contribution in [1.29, 1.82) is 0 Å². The highest BCUT2D eigenvalue weighted by molar-refractivity contribution is 9.10. The van der Waals surface area contributed by atoms with Gasteiger partial charge in [-0.2, -0.15) is 0 Å². The van der Waals surface area contributed by atoms with Crippen molar-refractivity contribution in [3.63, 3.8) is 0 Å². The number of ether oxygens (including phenoxy) is 4. The Labute approximate surface area is 245 Å². The first kappa shape index (κ1) is 29.4. The van der Waals surface area contributed by atoms with Gasteiger partial charge in [0.25, 0.3) is 5.56 Å². The fourth-order valence-corrected chi connectivity index (χ4v) is 6.02. The molecule has 0 spiro atoms. The van der Waals surface area contributed by atoms with Gasteiger partial charge in [-0.05, 0) is 71.2 Å². The van der Waals surface area contributed by atoms with E-state index in [0.29, 0.717) is 56.4 Å². The molecule has 210 valence electrons. The second-order valence-electron chi connectivity index (χ2n) is 8.81. The van der Waals surface area contributed by atoms with Gasteiger partial charge in [0.1, 0.15) is 29.9 Å². The van der Waals surface area contributed by atoms with Crippen LogP contribution in [-0.4, -0.2) is 38.0 Å². The van der Waals surface area contributed by atoms with E-state index in [-0.39, 0.29) is 12.2 Å². The summed E-state index contributed by atoms with van der Waals surface area (Å²) in [4.78, 5) is 32.8. The first-order valence-electron chi connectivity index (χ1n) is 12.8. The van der Waals surface area contributed by atoms with E-state index in [1.165, 1.54) is 11.3 Å². The lowest BCUT2D eigenvalue weighted by Crippen LogP contribution is -2.40. The van der Waals surface area contributed by atoms with Gasteiger partial charge in [0, 0.05) is 5.56 Å². The number of fused-ring (bicyclic) bond motifs is 1. The first-order valence-corrected chi connectivity index (χ1v) is 14.4. The maximum Gasteiger partial charge on any atom is 0.338 e. The summed E-state index contributed by atoms with van der Waals surface area (Å²) < 4.78 is 25.1. The van der Waals surface area contributed by atoms with E-state index in [2.05, 4.69) is 22.5 Å². The highest BCUT2D eigenvalue weighted by atomic mass is 79.9. The third-order valence-corrected chi connectivity index (χ3v) is 7.84. The third-order valence-electron chi connectivity index (χ3n) is 6.23. The van der Waals surface area contributed by atoms with Gasteiger partial charge < -0.3 is 18.9 Å². The number of allylic oxidation sites excluding steroid dienone is 1. The molecule has 0 unspecified atom stereocenters. The van der Waals surface area contributed by atoms with Crippen LogP contribution in [0, 0.1) is 0 Å². The van der Waals surface area contributed by atoms with E-state index >= 15 is 0 Å². The molecule has 0 amide bonds. The first-order chi connectivity index (χ1) is 19.4. The van der Waals surface area contributed by atoms with Crippen molar-refractivity contribution >= 4 is 39.3 Å². The van der Waals surface area contributed by atoms with E-state index in [4.69, 9.17) is 23.9 Å². The van der Waals surface area contributed by atoms with Gasteiger partial charge in [0.15, 0.2) is 4.80 Å². The molecule has 8 nitrogen and oxygen atoms in total. The lowest BCUT2D eigenvalue weighted by molar-refractivity contribution is -0.139. The maximum atomic E-state index is 14.0. The average molecular weight is 628 g/mol. The molecular weight excluding hydrogens is 596 g/mol. The normalized spacial score (nSPS) is 14.8. The molecule has 2 heterocycles. The Morgan fingerprint density at radius 3 is 2.58 bits per heavy atom. The topological polar surface area (TPSA) is 88.3 Å². The fourth-order valence-electron chi connectivity index (χ4n) is 4.49. The molecular formula is C30H31BrN2O6S. The number of rotatable bonds is 11. The third kappa shape index (κ3) is 5.93. The summed E-state index contributed by atoms with van der Waals surface area (Å²) in [6.07, 6.45) is 4.78. The summed E-state index contributed by atoms with van der Waals surface area (Å²) in [7, 11) is 3.11. The largest absolute Gasteiger partial charge is 0.497 e. The molecule has 1 aliphatic rings. The van der Waals surface area contributed by atoms with Crippen molar-refractivity contribution in [3.8, 4) is 17.2 Å². The van der Waals surface area contributed by atoms with Crippen LogP contribution in [0.2, 0.25) is 0 Å². The number of thiazole rings is 1. The summed E-state index contributed by atoms with van der Waals surface area (Å²) >= 11 is 4.81. The molecule has 3 aromatic rings. The van der Waals surface area contributed by atoms with Gasteiger partial charge in [-0.25, -0.2) is 9.79 Å². The number of hydrogen-bond donors (Lipinski definition) is 0. The summed E-state index contributed by atoms with van der Waals surface area (Å²) in [6.45, 7) is 8.01. The monoisotopic (exact) mass is 626 g/mol. The van der Waals surface area contributed by atoms with E-state index in [1.54, 1.807) is 56.1 Å². The second kappa shape index (κ2) is 13.1. The highest BCUT2D eigenvalue weighted by Crippen LogP contribution is 2.38. The Morgan fingerprint density at radius 1 is 1.15 bits per heavy atom. The van der Waals surface area contributed by atoms with Gasteiger partial charge in [-0.3, -0.25) is 9.36 Å². The maximum absolute atomic E-state index is 14.0. The van der Waals surface area contributed by atoms with Crippen LogP contribution in [-0.2, 0) is 9.53 Å². The van der Waals surface area contributed by atoms with Crippen LogP contribution in [0.1, 0.15) is 43.9 Å². The van der Waals surface area contributed by atoms with E-state index < -0.39 is 12.0 Å². The van der Waals surface area contributed by atoms with E-state index in [0.717, 1.165) is 16.5 Å². The average Bonchev–Trinajstić information content (AvgIpc) is 3.25. The molecule has 0 bridgehead atoms. The molecule has 0 fully saturated rings. The molecule has 0 radical (unpaired) electrons. The standard InChI is InChI=1S/C30H31BrN2O6S/c1-6-9-22-26(29(35)38-8-3)27(20-17-19(36-4)11-13-23(20)37-5)33-28(34)25(40-30(33)32-22)16-18-10-12-24(21(31)15-18)39-14-7-2/h7,10-13,15-17,27H,2,6,8-9,14H2,1,3-5H3/b25-16-/t27-/m1/s1. The Morgan fingerprint density at radius 2 is 1.93 bits per heavy atom. The van der Waals surface area contributed by atoms with Crippen molar-refractivity contribution in [3.05, 3.63) is 95.6 Å². The zero-order valence-electron chi connectivity index (χ0n) is 22.9. The number of carbonyl (C=O) groups is 1. The molecule has 0 saturated carbocycles. The van der Waals surface area contributed by atoms with Crippen LogP contribution < -0.4 is 29.1 Å². The number of halogens is 1. The molecule has 2 aromatic carbocycles. The second-order valence-corrected chi connectivity index (χ2v) is 10.7. The summed E-state index contributed by atoms with van der Waals surface area (Å²) in [5, 5.41) is 0. The van der Waals surface area contributed by atoms with Crippen LogP contribution in [0.4, 0.5) is 0 Å². The van der Waals surface area contributed by atoms with Crippen molar-refractivity contribution in [1.82, 2.24) is 4.57 Å². The molecule has 1 aromatic heterocycles. The number of hydrogen-bond acceptors (Lipinski definition) is 8. The molecule has 4 rings (SSSR count). The zero-order valence-corrected chi connectivity index (χ0v) is 25.3. The van der Waals surface area contributed by atoms with Crippen LogP contribution in [0.3, 0.4) is 0 Å². The predicted molar refractivity (Wildman–Crippen MR) is 159 cm³/mol. The lowest BCUT2D eigenvalue weighted by atomic mass is 9.93. The predicted octanol–water partition coefficient (Wildman–Crippen LogP) is 4.92. The molecule has 0 N–H and O–H groups in total. The van der Waals surface area contributed by atoms with Crippen molar-refractivity contribution in [2.75, 3.05) is 27.4 Å². The molecule has 10 heteroatoms. The Hall–Kier alpha value is -3.63. The molecule has 0 saturated heterocycles. The van der Waals surface area contributed by atoms with Crippen LogP contribution in [0.25, 0.3) is 6.08 Å². The minimum Gasteiger partial charge on any atom is -0.497 e. The molecule has 40 heavy (non-hydrogen) atoms. The lowest BCUT2D eigenvalue weighted by Gasteiger charge is -2.27. The highest BCUT2D eigenvalue weighted by Gasteiger charge is 2.36. The van der Waals surface area contributed by atoms with Crippen LogP contribution in [0.5, 0.6) is 17.2 Å². The summed E-state index contributed by atoms with van der Waals surface area (Å²) in [5.41, 5.74) is 2.04. The van der Waals surface area contributed by atoms with Crippen molar-refractivity contribution in [2.45, 2.75) is 32.7 Å². The van der Waals surface area contributed by atoms with Gasteiger partial charge in [-0.1, -0.05) is 43.4 Å². The minimum absolute atomic E-state index is 0.190. The fraction of sp³-hybridized carbons (Fsp3) is 0.300. The molecule has 0 aliphatic carbocycles. The van der Waals surface area contributed by atoms with Gasteiger partial charge in [0.2, 0.25) is 0 Å². The van der Waals surface area contributed by atoms with E-state index in [1.807, 2.05) is 25.1 Å². The number of esters is 1. The smallest absolute Gasteiger partial charge is 0.338 e. The van der Waals surface area contributed by atoms with Crippen molar-refractivity contribution < 1.29 is 23.7 Å². The zero-order chi connectivity index (χ0) is 28.8. The molecule has 1 aliphatic heterocycles. The summed E-state index contributed by atoms with van der Waals surface area (Å²) in [5.74, 6) is 1.24. The Bertz CT molecular complexity index is 1640. The number of benzene rings is 2. The molecule has 1 atom stereocenters. The van der Waals surface area contributed by atoms with Gasteiger partial charge in [0.05, 0.1) is 41.1 Å². The SMILES string of the molecule is C=CCOc1ccc(/C=c2\sc3n(c2=O)[C@H](c2cc(OC)ccc2OC)C(C(=O)OCC)=C(CCC)N=3)cc1Br. The number of nitrogens with zero attached hydrogens (tertiary/aromatic N) is 2. The number of aromatic nitrogens is 1. The van der Waals surface area contributed by atoms with E-state index in [9.17, 15) is 9.59 Å². The van der Waals surface area contributed by atoms with Crippen LogP contribution >= 0.6 is 27.3 Å². The Balaban J connectivity index is 1.98. The summed E-state index contributed by atoms with van der Waals surface area (Å²) in [6, 6.07) is 10.1.